The van der Waals surface area contributed by atoms with Gasteiger partial charge in [-0.25, -0.2) is 8.78 Å². The molecule has 2 aromatic rings. The molecule has 6 heteroatoms. The highest BCUT2D eigenvalue weighted by molar-refractivity contribution is 7.99. The van der Waals surface area contributed by atoms with Crippen LogP contribution in [0, 0.1) is 18.6 Å². The molecule has 0 aliphatic rings. The Balaban J connectivity index is 1.94. The second kappa shape index (κ2) is 9.49. The zero-order valence-corrected chi connectivity index (χ0v) is 15.6. The minimum absolute atomic E-state index is 0.222. The smallest absolute Gasteiger partial charge is 0.268 e. The first-order valence-electron chi connectivity index (χ1n) is 8.08. The predicted octanol–water partition coefficient (Wildman–Crippen LogP) is 5.54. The summed E-state index contributed by atoms with van der Waals surface area (Å²) in [6.07, 6.45) is 5.53. The molecule has 1 aromatic heterocycles. The lowest BCUT2D eigenvalue weighted by atomic mass is 10.1. The number of unbranched alkanes of at least 4 members (excludes halogenated alkanes) is 4. The molecule has 0 amide bonds. The van der Waals surface area contributed by atoms with Crippen LogP contribution < -0.4 is 4.74 Å². The van der Waals surface area contributed by atoms with Gasteiger partial charge in [-0.05, 0) is 43.2 Å². The second-order valence-corrected chi connectivity index (χ2v) is 7.87. The van der Waals surface area contributed by atoms with Gasteiger partial charge in [0.05, 0.1) is 0 Å². The molecule has 2 nitrogen and oxygen atoms in total. The Kier molecular flexibility index (Phi) is 7.65. The third kappa shape index (κ3) is 5.01. The largest absolute Gasteiger partial charge is 0.385 e. The highest BCUT2D eigenvalue weighted by Crippen LogP contribution is 2.31. The van der Waals surface area contributed by atoms with Gasteiger partial charge in [0, 0.05) is 28.7 Å². The van der Waals surface area contributed by atoms with E-state index in [2.05, 4.69) is 0 Å². The molecule has 0 radical (unpaired) electrons. The molecule has 0 spiro atoms. The number of ether oxygens (including phenoxy) is 1. The van der Waals surface area contributed by atoms with Gasteiger partial charge in [-0.2, -0.15) is 0 Å². The summed E-state index contributed by atoms with van der Waals surface area (Å²) in [5, 5.41) is 0.483. The van der Waals surface area contributed by atoms with Crippen molar-refractivity contribution in [2.45, 2.75) is 43.9 Å². The normalized spacial score (nSPS) is 11.3. The van der Waals surface area contributed by atoms with E-state index in [1.54, 1.807) is 13.2 Å². The van der Waals surface area contributed by atoms with E-state index in [-0.39, 0.29) is 11.4 Å². The molecule has 1 heterocycles. The van der Waals surface area contributed by atoms with Crippen molar-refractivity contribution < 1.29 is 13.5 Å². The van der Waals surface area contributed by atoms with Gasteiger partial charge in [0.25, 0.3) is 4.74 Å². The van der Waals surface area contributed by atoms with Gasteiger partial charge in [-0.15, -0.1) is 11.8 Å². The number of halogens is 2. The Morgan fingerprint density at radius 2 is 1.83 bits per heavy atom. The number of hydrogen-bond donors (Lipinski definition) is 0. The Morgan fingerprint density at radius 3 is 2.58 bits per heavy atom. The SMILES string of the molecule is COCCCCCCCSc1cc2sc(=O)c(F)c(C)c2cc1F. The number of hydrogen-bond acceptors (Lipinski definition) is 4. The summed E-state index contributed by atoms with van der Waals surface area (Å²) in [5.41, 5.74) is 0.222. The van der Waals surface area contributed by atoms with E-state index in [0.717, 1.165) is 55.8 Å². The molecule has 132 valence electrons. The van der Waals surface area contributed by atoms with Crippen LogP contribution in [0.4, 0.5) is 8.78 Å². The second-order valence-electron chi connectivity index (χ2n) is 5.72. The zero-order valence-electron chi connectivity index (χ0n) is 14.0. The molecule has 0 unspecified atom stereocenters. The van der Waals surface area contributed by atoms with Crippen molar-refractivity contribution >= 4 is 33.2 Å². The van der Waals surface area contributed by atoms with E-state index in [4.69, 9.17) is 4.74 Å². The van der Waals surface area contributed by atoms with Crippen molar-refractivity contribution in [3.05, 3.63) is 38.9 Å². The molecule has 24 heavy (non-hydrogen) atoms. The number of benzene rings is 1. The van der Waals surface area contributed by atoms with Crippen molar-refractivity contribution in [2.24, 2.45) is 0 Å². The maximum Gasteiger partial charge on any atom is 0.268 e. The lowest BCUT2D eigenvalue weighted by Crippen LogP contribution is -2.03. The molecular formula is C18H22F2O2S2. The fourth-order valence-corrected chi connectivity index (χ4v) is 4.48. The summed E-state index contributed by atoms with van der Waals surface area (Å²) in [7, 11) is 1.71. The fourth-order valence-electron chi connectivity index (χ4n) is 2.50. The van der Waals surface area contributed by atoms with Gasteiger partial charge in [-0.3, -0.25) is 4.79 Å². The molecule has 0 saturated heterocycles. The van der Waals surface area contributed by atoms with Gasteiger partial charge >= 0.3 is 0 Å². The minimum atomic E-state index is -0.777. The van der Waals surface area contributed by atoms with E-state index >= 15 is 0 Å². The van der Waals surface area contributed by atoms with Crippen LogP contribution in [0.5, 0.6) is 0 Å². The van der Waals surface area contributed by atoms with E-state index in [1.165, 1.54) is 24.8 Å². The standard InChI is InChI=1S/C18H22F2O2S2/c1-12-13-10-14(19)16(11-15(13)24-18(21)17(12)20)23-9-7-5-3-4-6-8-22-2/h10-11H,3-9H2,1-2H3. The van der Waals surface area contributed by atoms with Crippen LogP contribution in [-0.4, -0.2) is 19.5 Å². The Morgan fingerprint density at radius 1 is 1.12 bits per heavy atom. The predicted molar refractivity (Wildman–Crippen MR) is 98.4 cm³/mol. The Bertz CT molecular complexity index is 744. The quantitative estimate of drug-likeness (QED) is 0.427. The van der Waals surface area contributed by atoms with E-state index in [0.29, 0.717) is 15.0 Å². The number of fused-ring (bicyclic) bond motifs is 1. The topological polar surface area (TPSA) is 26.3 Å². The van der Waals surface area contributed by atoms with Crippen molar-refractivity contribution in [1.29, 1.82) is 0 Å². The molecular weight excluding hydrogens is 350 g/mol. The van der Waals surface area contributed by atoms with E-state index < -0.39 is 10.6 Å². The van der Waals surface area contributed by atoms with Gasteiger partial charge in [-0.1, -0.05) is 30.6 Å². The number of methoxy groups -OCH3 is 1. The highest BCUT2D eigenvalue weighted by Gasteiger charge is 2.13. The van der Waals surface area contributed by atoms with Gasteiger partial charge in [0.15, 0.2) is 5.82 Å². The maximum absolute atomic E-state index is 14.2. The van der Waals surface area contributed by atoms with Crippen molar-refractivity contribution in [2.75, 3.05) is 19.5 Å². The van der Waals surface area contributed by atoms with Crippen LogP contribution in [-0.2, 0) is 4.74 Å². The summed E-state index contributed by atoms with van der Waals surface area (Å²) >= 11 is 2.30. The van der Waals surface area contributed by atoms with Crippen molar-refractivity contribution in [3.63, 3.8) is 0 Å². The molecule has 0 N–H and O–H groups in total. The number of thioether (sulfide) groups is 1. The summed E-state index contributed by atoms with van der Waals surface area (Å²) in [5.74, 6) is -0.288. The first-order chi connectivity index (χ1) is 11.5. The van der Waals surface area contributed by atoms with Gasteiger partial charge in [0.1, 0.15) is 5.82 Å². The number of rotatable bonds is 9. The molecule has 0 aliphatic carbocycles. The average molecular weight is 373 g/mol. The first-order valence-corrected chi connectivity index (χ1v) is 9.89. The summed E-state index contributed by atoms with van der Waals surface area (Å²) in [4.78, 5) is 12.1. The van der Waals surface area contributed by atoms with Crippen LogP contribution in [0.15, 0.2) is 21.8 Å². The Labute approximate surface area is 149 Å². The minimum Gasteiger partial charge on any atom is -0.385 e. The van der Waals surface area contributed by atoms with Crippen LogP contribution in [0.1, 0.15) is 37.7 Å². The zero-order chi connectivity index (χ0) is 17.5. The first kappa shape index (κ1) is 19.3. The third-order valence-corrected chi connectivity index (χ3v) is 5.94. The molecule has 1 aromatic carbocycles. The van der Waals surface area contributed by atoms with Crippen molar-refractivity contribution in [1.82, 2.24) is 0 Å². The third-order valence-electron chi connectivity index (χ3n) is 3.90. The molecule has 0 bridgehead atoms. The monoisotopic (exact) mass is 372 g/mol. The van der Waals surface area contributed by atoms with E-state index in [9.17, 15) is 13.6 Å². The molecule has 2 rings (SSSR count). The van der Waals surface area contributed by atoms with E-state index in [1.807, 2.05) is 0 Å². The lowest BCUT2D eigenvalue weighted by Gasteiger charge is -2.07. The molecule has 0 atom stereocenters. The van der Waals surface area contributed by atoms with Crippen LogP contribution in [0.25, 0.3) is 10.1 Å². The van der Waals surface area contributed by atoms with Crippen LogP contribution in [0.3, 0.4) is 0 Å². The summed E-state index contributed by atoms with van der Waals surface area (Å²) in [6.45, 7) is 2.32. The summed E-state index contributed by atoms with van der Waals surface area (Å²) in [6, 6.07) is 3.02. The molecule has 0 saturated carbocycles. The maximum atomic E-state index is 14.2. The van der Waals surface area contributed by atoms with Crippen molar-refractivity contribution in [3.8, 4) is 0 Å². The van der Waals surface area contributed by atoms with Crippen LogP contribution in [0.2, 0.25) is 0 Å². The Hall–Kier alpha value is -0.980. The molecule has 0 aliphatic heterocycles. The van der Waals surface area contributed by atoms with Gasteiger partial charge < -0.3 is 4.74 Å². The van der Waals surface area contributed by atoms with Gasteiger partial charge in [0.2, 0.25) is 0 Å². The summed E-state index contributed by atoms with van der Waals surface area (Å²) < 4.78 is 32.9. The highest BCUT2D eigenvalue weighted by atomic mass is 32.2. The lowest BCUT2D eigenvalue weighted by molar-refractivity contribution is 0.192. The number of aryl methyl sites for hydroxylation is 1. The molecule has 0 fully saturated rings. The fraction of sp³-hybridized carbons (Fsp3) is 0.500. The van der Waals surface area contributed by atoms with Crippen LogP contribution >= 0.6 is 23.1 Å². The average Bonchev–Trinajstić information content (AvgIpc) is 2.56.